The molecule has 9 nitrogen and oxygen atoms in total. The van der Waals surface area contributed by atoms with Gasteiger partial charge in [-0.1, -0.05) is 12.5 Å². The number of carbonyl (C=O) groups excluding carboxylic acids is 1. The van der Waals surface area contributed by atoms with E-state index in [-0.39, 0.29) is 5.91 Å². The Labute approximate surface area is 199 Å². The summed E-state index contributed by atoms with van der Waals surface area (Å²) in [6, 6.07) is 8.01. The fraction of sp³-hybridized carbons (Fsp3) is 0.440. The van der Waals surface area contributed by atoms with Crippen molar-refractivity contribution in [3.8, 4) is 11.4 Å². The summed E-state index contributed by atoms with van der Waals surface area (Å²) in [6.07, 6.45) is 6.15. The summed E-state index contributed by atoms with van der Waals surface area (Å²) in [5.74, 6) is 0.897. The maximum atomic E-state index is 12.7. The molecule has 0 unspecified atom stereocenters. The summed E-state index contributed by atoms with van der Waals surface area (Å²) in [4.78, 5) is 34.3. The molecule has 1 aliphatic heterocycles. The summed E-state index contributed by atoms with van der Waals surface area (Å²) in [6.45, 7) is 3.55. The third-order valence-electron chi connectivity index (χ3n) is 6.67. The first-order valence-electron chi connectivity index (χ1n) is 12.0. The van der Waals surface area contributed by atoms with Gasteiger partial charge in [0.1, 0.15) is 11.2 Å². The number of hydrogen-bond donors (Lipinski definition) is 2. The molecule has 34 heavy (non-hydrogen) atoms. The summed E-state index contributed by atoms with van der Waals surface area (Å²) in [7, 11) is 5.69. The number of H-pyrrole nitrogens is 1. The van der Waals surface area contributed by atoms with Gasteiger partial charge in [0, 0.05) is 39.5 Å². The van der Waals surface area contributed by atoms with Gasteiger partial charge in [-0.25, -0.2) is 15.0 Å². The van der Waals surface area contributed by atoms with Crippen molar-refractivity contribution in [2.45, 2.75) is 32.2 Å². The number of aromatic amines is 1. The van der Waals surface area contributed by atoms with Gasteiger partial charge in [-0.3, -0.25) is 4.79 Å². The standard InChI is InChI=1S/C25H32N8O/c1-26-25-22-23(32(3)16-27-22)18-14-20(29-24(18)30-25)19-9-7-8-17(28-19)15-31(2)21(34)10-13-33-11-5-4-6-12-33/h7-9,14,16H,4-6,10-13,15H2,1-3H3,(H2,26,29,30). The Morgan fingerprint density at radius 1 is 1.21 bits per heavy atom. The molecule has 0 radical (unpaired) electrons. The van der Waals surface area contributed by atoms with Gasteiger partial charge in [-0.05, 0) is 44.1 Å². The molecular weight excluding hydrogens is 428 g/mol. The Kier molecular flexibility index (Phi) is 6.19. The van der Waals surface area contributed by atoms with Crippen LogP contribution in [0.5, 0.6) is 0 Å². The van der Waals surface area contributed by atoms with Crippen LogP contribution in [0.1, 0.15) is 31.4 Å². The van der Waals surface area contributed by atoms with Crippen LogP contribution in [0.2, 0.25) is 0 Å². The highest BCUT2D eigenvalue weighted by atomic mass is 16.2. The smallest absolute Gasteiger partial charge is 0.223 e. The molecule has 0 bridgehead atoms. The van der Waals surface area contributed by atoms with E-state index in [0.717, 1.165) is 64.6 Å². The third-order valence-corrected chi connectivity index (χ3v) is 6.67. The lowest BCUT2D eigenvalue weighted by molar-refractivity contribution is -0.130. The first-order valence-corrected chi connectivity index (χ1v) is 12.0. The SMILES string of the molecule is CNc1nc2[nH]c(-c3cccc(CN(C)C(=O)CCN4CCCCC4)n3)cc2c2c1ncn2C. The summed E-state index contributed by atoms with van der Waals surface area (Å²) >= 11 is 0. The first kappa shape index (κ1) is 22.3. The number of aromatic nitrogens is 5. The van der Waals surface area contributed by atoms with Crippen LogP contribution < -0.4 is 5.32 Å². The number of piperidine rings is 1. The van der Waals surface area contributed by atoms with E-state index in [2.05, 4.69) is 26.3 Å². The summed E-state index contributed by atoms with van der Waals surface area (Å²) < 4.78 is 2.01. The molecule has 4 aromatic rings. The minimum atomic E-state index is 0.158. The van der Waals surface area contributed by atoms with Crippen LogP contribution in [0, 0.1) is 0 Å². The second-order valence-corrected chi connectivity index (χ2v) is 9.12. The Morgan fingerprint density at radius 2 is 2.03 bits per heavy atom. The zero-order valence-corrected chi connectivity index (χ0v) is 20.1. The number of hydrogen-bond acceptors (Lipinski definition) is 6. The number of rotatable bonds is 7. The number of amides is 1. The van der Waals surface area contributed by atoms with Gasteiger partial charge < -0.3 is 24.7 Å². The van der Waals surface area contributed by atoms with E-state index in [1.54, 1.807) is 11.2 Å². The maximum absolute atomic E-state index is 12.7. The van der Waals surface area contributed by atoms with Crippen LogP contribution in [0.15, 0.2) is 30.6 Å². The lowest BCUT2D eigenvalue weighted by atomic mass is 10.1. The first-order chi connectivity index (χ1) is 16.5. The molecule has 1 saturated heterocycles. The molecule has 0 atom stereocenters. The van der Waals surface area contributed by atoms with Crippen molar-refractivity contribution in [3.05, 3.63) is 36.3 Å². The van der Waals surface area contributed by atoms with Gasteiger partial charge in [0.15, 0.2) is 5.82 Å². The fourth-order valence-electron chi connectivity index (χ4n) is 4.79. The van der Waals surface area contributed by atoms with Crippen LogP contribution in [-0.4, -0.2) is 73.9 Å². The number of likely N-dealkylation sites (tertiary alicyclic amines) is 1. The van der Waals surface area contributed by atoms with Crippen molar-refractivity contribution < 1.29 is 4.79 Å². The van der Waals surface area contributed by atoms with Crippen molar-refractivity contribution in [1.29, 1.82) is 0 Å². The number of anilines is 1. The van der Waals surface area contributed by atoms with Gasteiger partial charge in [0.25, 0.3) is 0 Å². The molecular formula is C25H32N8O. The number of nitrogens with zero attached hydrogens (tertiary/aromatic N) is 6. The minimum Gasteiger partial charge on any atom is -0.371 e. The highest BCUT2D eigenvalue weighted by Gasteiger charge is 2.17. The maximum Gasteiger partial charge on any atom is 0.223 e. The molecule has 5 heterocycles. The Hall–Kier alpha value is -3.46. The van der Waals surface area contributed by atoms with Crippen molar-refractivity contribution in [2.75, 3.05) is 39.0 Å². The molecule has 0 saturated carbocycles. The van der Waals surface area contributed by atoms with Gasteiger partial charge in [-0.2, -0.15) is 0 Å². The Morgan fingerprint density at radius 3 is 2.82 bits per heavy atom. The zero-order chi connectivity index (χ0) is 23.7. The van der Waals surface area contributed by atoms with Crippen molar-refractivity contribution in [2.24, 2.45) is 7.05 Å². The van der Waals surface area contributed by atoms with Crippen LogP contribution in [0.4, 0.5) is 5.82 Å². The molecule has 1 amide bonds. The second kappa shape index (κ2) is 9.42. The van der Waals surface area contributed by atoms with Crippen LogP contribution in [-0.2, 0) is 18.4 Å². The molecule has 9 heteroatoms. The van der Waals surface area contributed by atoms with Gasteiger partial charge in [0.05, 0.1) is 35.5 Å². The van der Waals surface area contributed by atoms with Crippen molar-refractivity contribution >= 4 is 33.8 Å². The Balaban J connectivity index is 1.34. The van der Waals surface area contributed by atoms with Crippen molar-refractivity contribution in [3.63, 3.8) is 0 Å². The third kappa shape index (κ3) is 4.35. The average Bonchev–Trinajstić information content (AvgIpc) is 3.46. The number of imidazole rings is 1. The average molecular weight is 461 g/mol. The summed E-state index contributed by atoms with van der Waals surface area (Å²) in [5, 5.41) is 4.13. The molecule has 1 aliphatic rings. The van der Waals surface area contributed by atoms with Crippen LogP contribution >= 0.6 is 0 Å². The zero-order valence-electron chi connectivity index (χ0n) is 20.1. The largest absolute Gasteiger partial charge is 0.371 e. The monoisotopic (exact) mass is 460 g/mol. The normalized spacial score (nSPS) is 14.7. The van der Waals surface area contributed by atoms with E-state index in [1.165, 1.54) is 19.3 Å². The lowest BCUT2D eigenvalue weighted by Crippen LogP contribution is -2.34. The molecule has 4 aromatic heterocycles. The number of nitrogens with one attached hydrogen (secondary N) is 2. The highest BCUT2D eigenvalue weighted by molar-refractivity contribution is 6.07. The van der Waals surface area contributed by atoms with Gasteiger partial charge in [0.2, 0.25) is 5.91 Å². The minimum absolute atomic E-state index is 0.158. The predicted octanol–water partition coefficient (Wildman–Crippen LogP) is 3.39. The number of aryl methyl sites for hydroxylation is 1. The van der Waals surface area contributed by atoms with E-state index < -0.39 is 0 Å². The van der Waals surface area contributed by atoms with E-state index in [4.69, 9.17) is 9.97 Å². The van der Waals surface area contributed by atoms with E-state index in [0.29, 0.717) is 13.0 Å². The number of carbonyl (C=O) groups is 1. The lowest BCUT2D eigenvalue weighted by Gasteiger charge is -2.27. The second-order valence-electron chi connectivity index (χ2n) is 9.12. The van der Waals surface area contributed by atoms with Gasteiger partial charge >= 0.3 is 0 Å². The van der Waals surface area contributed by atoms with Gasteiger partial charge in [-0.15, -0.1) is 0 Å². The molecule has 178 valence electrons. The quantitative estimate of drug-likeness (QED) is 0.439. The summed E-state index contributed by atoms with van der Waals surface area (Å²) in [5.41, 5.74) is 5.22. The molecule has 1 fully saturated rings. The fourth-order valence-corrected chi connectivity index (χ4v) is 4.79. The van der Waals surface area contributed by atoms with E-state index in [9.17, 15) is 4.79 Å². The topological polar surface area (TPSA) is 95.0 Å². The van der Waals surface area contributed by atoms with Crippen LogP contribution in [0.25, 0.3) is 33.5 Å². The molecule has 0 aromatic carbocycles. The molecule has 0 spiro atoms. The molecule has 5 rings (SSSR count). The van der Waals surface area contributed by atoms with Crippen LogP contribution in [0.3, 0.4) is 0 Å². The van der Waals surface area contributed by atoms with E-state index >= 15 is 0 Å². The van der Waals surface area contributed by atoms with E-state index in [1.807, 2.05) is 43.9 Å². The van der Waals surface area contributed by atoms with Crippen molar-refractivity contribution in [1.82, 2.24) is 34.3 Å². The molecule has 0 aliphatic carbocycles. The highest BCUT2D eigenvalue weighted by Crippen LogP contribution is 2.31. The predicted molar refractivity (Wildman–Crippen MR) is 135 cm³/mol. The number of pyridine rings is 2. The molecule has 2 N–H and O–H groups in total. The Bertz CT molecular complexity index is 1320. The number of fused-ring (bicyclic) bond motifs is 3.